The minimum absolute atomic E-state index is 0.0547. The summed E-state index contributed by atoms with van der Waals surface area (Å²) in [7, 11) is 6.32. The van der Waals surface area contributed by atoms with Crippen LogP contribution in [0.2, 0.25) is 0 Å². The fourth-order valence-corrected chi connectivity index (χ4v) is 4.25. The number of urea groups is 2. The van der Waals surface area contributed by atoms with E-state index in [1.54, 1.807) is 28.4 Å². The Labute approximate surface area is 225 Å². The van der Waals surface area contributed by atoms with E-state index in [0.717, 1.165) is 0 Å². The van der Waals surface area contributed by atoms with Crippen molar-refractivity contribution >= 4 is 12.1 Å². The van der Waals surface area contributed by atoms with Crippen molar-refractivity contribution < 1.29 is 47.5 Å². The molecule has 4 atom stereocenters. The highest BCUT2D eigenvalue weighted by Crippen LogP contribution is 2.35. The normalized spacial score (nSPS) is 22.8. The molecule has 0 bridgehead atoms. The van der Waals surface area contributed by atoms with E-state index in [0.29, 0.717) is 26.4 Å². The first kappa shape index (κ1) is 32.4. The van der Waals surface area contributed by atoms with Gasteiger partial charge in [-0.1, -0.05) is 0 Å². The lowest BCUT2D eigenvalue weighted by molar-refractivity contribution is -0.0836. The van der Waals surface area contributed by atoms with E-state index in [1.807, 2.05) is 27.7 Å². The predicted molar refractivity (Wildman–Crippen MR) is 135 cm³/mol. The van der Waals surface area contributed by atoms with Crippen molar-refractivity contribution in [2.75, 3.05) is 81.8 Å². The molecule has 2 aliphatic heterocycles. The minimum Gasteiger partial charge on any atom is -0.382 e. The first-order valence-corrected chi connectivity index (χ1v) is 12.8. The molecule has 2 heterocycles. The lowest BCUT2D eigenvalue weighted by Gasteiger charge is -2.31. The number of nitrogens with zero attached hydrogens (tertiary/aromatic N) is 4. The van der Waals surface area contributed by atoms with Crippen LogP contribution in [-0.4, -0.2) is 150 Å². The highest BCUT2D eigenvalue weighted by molar-refractivity contribution is 5.85. The topological polar surface area (TPSA) is 121 Å². The zero-order chi connectivity index (χ0) is 28.2. The van der Waals surface area contributed by atoms with Crippen molar-refractivity contribution in [2.45, 2.75) is 64.4 Å². The van der Waals surface area contributed by atoms with E-state index in [4.69, 9.17) is 37.9 Å². The second-order valence-electron chi connectivity index (χ2n) is 9.52. The Kier molecular flexibility index (Phi) is 14.0. The van der Waals surface area contributed by atoms with Gasteiger partial charge in [-0.25, -0.2) is 9.59 Å². The number of carbonyl (C=O) groups is 2. The third kappa shape index (κ3) is 8.61. The van der Waals surface area contributed by atoms with E-state index < -0.39 is 12.3 Å². The van der Waals surface area contributed by atoms with Gasteiger partial charge in [0.1, 0.15) is 26.9 Å². The van der Waals surface area contributed by atoms with Crippen molar-refractivity contribution in [3.8, 4) is 0 Å². The zero-order valence-electron chi connectivity index (χ0n) is 24.0. The molecule has 38 heavy (non-hydrogen) atoms. The summed E-state index contributed by atoms with van der Waals surface area (Å²) in [4.78, 5) is 33.4. The molecule has 0 aromatic rings. The molecule has 2 saturated heterocycles. The molecule has 4 unspecified atom stereocenters. The number of methoxy groups -OCH3 is 4. The van der Waals surface area contributed by atoms with Gasteiger partial charge >= 0.3 is 12.1 Å². The highest BCUT2D eigenvalue weighted by Gasteiger charge is 2.59. The molecule has 0 aromatic carbocycles. The van der Waals surface area contributed by atoms with Gasteiger partial charge in [-0.05, 0) is 27.7 Å². The van der Waals surface area contributed by atoms with E-state index in [-0.39, 0.29) is 63.4 Å². The molecule has 0 aromatic heterocycles. The van der Waals surface area contributed by atoms with Crippen LogP contribution in [0.4, 0.5) is 9.59 Å². The van der Waals surface area contributed by atoms with E-state index in [2.05, 4.69) is 0 Å². The average Bonchev–Trinajstić information content (AvgIpc) is 3.28. The maximum Gasteiger partial charge on any atom is 0.327 e. The number of hydrogen-bond donors (Lipinski definition) is 0. The first-order valence-electron chi connectivity index (χ1n) is 12.8. The molecule has 0 radical (unpaired) electrons. The summed E-state index contributed by atoms with van der Waals surface area (Å²) in [5.41, 5.74) is 0. The van der Waals surface area contributed by atoms with Gasteiger partial charge in [0.2, 0.25) is 0 Å². The molecule has 0 N–H and O–H groups in total. The molecule has 14 nitrogen and oxygen atoms in total. The summed E-state index contributed by atoms with van der Waals surface area (Å²) in [6, 6.07) is -0.682. The molecule has 0 aliphatic carbocycles. The Balaban J connectivity index is 2.34. The summed E-state index contributed by atoms with van der Waals surface area (Å²) < 4.78 is 44.2. The summed E-state index contributed by atoms with van der Waals surface area (Å²) in [6.45, 7) is 8.59. The van der Waals surface area contributed by atoms with Crippen molar-refractivity contribution in [3.05, 3.63) is 0 Å². The summed E-state index contributed by atoms with van der Waals surface area (Å²) >= 11 is 0. The molecular formula is C24H46N4O10. The average molecular weight is 551 g/mol. The molecule has 14 heteroatoms. The number of amides is 4. The van der Waals surface area contributed by atoms with Crippen molar-refractivity contribution in [1.29, 1.82) is 0 Å². The molecular weight excluding hydrogens is 504 g/mol. The Morgan fingerprint density at radius 1 is 0.500 bits per heavy atom. The minimum atomic E-state index is -0.706. The summed E-state index contributed by atoms with van der Waals surface area (Å²) in [5.74, 6) is 0. The Bertz CT molecular complexity index is 610. The van der Waals surface area contributed by atoms with Crippen LogP contribution >= 0.6 is 0 Å². The van der Waals surface area contributed by atoms with Gasteiger partial charge in [0.05, 0.1) is 50.8 Å². The van der Waals surface area contributed by atoms with Gasteiger partial charge in [-0.3, -0.25) is 19.6 Å². The number of fused-ring (bicyclic) bond motifs is 1. The second-order valence-corrected chi connectivity index (χ2v) is 9.52. The third-order valence-corrected chi connectivity index (χ3v) is 6.12. The van der Waals surface area contributed by atoms with Gasteiger partial charge in [0.15, 0.2) is 12.3 Å². The van der Waals surface area contributed by atoms with Crippen LogP contribution in [0.15, 0.2) is 0 Å². The number of hydrogen-bond acceptors (Lipinski definition) is 10. The molecule has 2 aliphatic rings. The van der Waals surface area contributed by atoms with Gasteiger partial charge < -0.3 is 37.9 Å². The Hall–Kier alpha value is -1.78. The molecule has 0 saturated carbocycles. The molecule has 0 spiro atoms. The van der Waals surface area contributed by atoms with Crippen LogP contribution in [0.3, 0.4) is 0 Å². The standard InChI is InChI=1S/C24H46N4O10/c1-17(9-31-5)35-13-25-21-22(27(23(25)29)15-37-19(3)11-33-7)28(16-38-20(4)12-34-8)24(30)26(21)14-36-18(2)10-32-6/h17-22H,9-16H2,1-8H3. The van der Waals surface area contributed by atoms with Crippen molar-refractivity contribution in [2.24, 2.45) is 0 Å². The lowest BCUT2D eigenvalue weighted by Crippen LogP contribution is -2.49. The van der Waals surface area contributed by atoms with Gasteiger partial charge in [0, 0.05) is 28.4 Å². The molecule has 222 valence electrons. The predicted octanol–water partition coefficient (Wildman–Crippen LogP) is 1.15. The number of ether oxygens (including phenoxy) is 8. The van der Waals surface area contributed by atoms with Crippen LogP contribution in [0.1, 0.15) is 27.7 Å². The smallest absolute Gasteiger partial charge is 0.327 e. The van der Waals surface area contributed by atoms with Crippen LogP contribution in [0, 0.1) is 0 Å². The quantitative estimate of drug-likeness (QED) is 0.218. The summed E-state index contributed by atoms with van der Waals surface area (Å²) in [6.07, 6.45) is -2.48. The van der Waals surface area contributed by atoms with Crippen LogP contribution in [0.5, 0.6) is 0 Å². The molecule has 2 rings (SSSR count). The Morgan fingerprint density at radius 2 is 0.711 bits per heavy atom. The molecule has 2 fully saturated rings. The largest absolute Gasteiger partial charge is 0.382 e. The number of carbonyl (C=O) groups excluding carboxylic acids is 2. The first-order chi connectivity index (χ1) is 18.2. The van der Waals surface area contributed by atoms with Crippen molar-refractivity contribution in [3.63, 3.8) is 0 Å². The monoisotopic (exact) mass is 550 g/mol. The van der Waals surface area contributed by atoms with Gasteiger partial charge in [0.25, 0.3) is 0 Å². The number of rotatable bonds is 20. The fraction of sp³-hybridized carbons (Fsp3) is 0.917. The Morgan fingerprint density at radius 3 is 0.895 bits per heavy atom. The summed E-state index contributed by atoms with van der Waals surface area (Å²) in [5, 5.41) is 0. The maximum absolute atomic E-state index is 13.7. The SMILES string of the molecule is COCC(C)OCN1C(=O)N(COC(C)COC)C2C1N(COC(C)COC)C(=O)N2COC(C)COC. The van der Waals surface area contributed by atoms with Crippen LogP contribution < -0.4 is 0 Å². The maximum atomic E-state index is 13.7. The second kappa shape index (κ2) is 16.4. The van der Waals surface area contributed by atoms with E-state index in [9.17, 15) is 9.59 Å². The van der Waals surface area contributed by atoms with Crippen LogP contribution in [-0.2, 0) is 37.9 Å². The highest BCUT2D eigenvalue weighted by atomic mass is 16.6. The molecule has 4 amide bonds. The van der Waals surface area contributed by atoms with Crippen molar-refractivity contribution in [1.82, 2.24) is 19.6 Å². The third-order valence-electron chi connectivity index (χ3n) is 6.12. The fourth-order valence-electron chi connectivity index (χ4n) is 4.25. The zero-order valence-corrected chi connectivity index (χ0v) is 24.0. The van der Waals surface area contributed by atoms with E-state index in [1.165, 1.54) is 19.6 Å². The lowest BCUT2D eigenvalue weighted by atomic mass is 10.3. The van der Waals surface area contributed by atoms with Gasteiger partial charge in [-0.15, -0.1) is 0 Å². The van der Waals surface area contributed by atoms with Crippen LogP contribution in [0.25, 0.3) is 0 Å². The van der Waals surface area contributed by atoms with Gasteiger partial charge in [-0.2, -0.15) is 0 Å². The van der Waals surface area contributed by atoms with E-state index >= 15 is 0 Å².